The van der Waals surface area contributed by atoms with Gasteiger partial charge in [0.15, 0.2) is 0 Å². The second-order valence-corrected chi connectivity index (χ2v) is 9.06. The zero-order valence-electron chi connectivity index (χ0n) is 16.9. The summed E-state index contributed by atoms with van der Waals surface area (Å²) in [5, 5.41) is 0. The van der Waals surface area contributed by atoms with Crippen molar-refractivity contribution in [2.75, 3.05) is 50.8 Å². The van der Waals surface area contributed by atoms with E-state index in [2.05, 4.69) is 26.8 Å². The number of ether oxygens (including phenoxy) is 1. The summed E-state index contributed by atoms with van der Waals surface area (Å²) in [5.41, 5.74) is 2.06. The molecule has 0 spiro atoms. The molecule has 0 aliphatic carbocycles. The van der Waals surface area contributed by atoms with E-state index >= 15 is 0 Å². The van der Waals surface area contributed by atoms with E-state index in [0.29, 0.717) is 18.0 Å². The highest BCUT2D eigenvalue weighted by Crippen LogP contribution is 2.33. The lowest BCUT2D eigenvalue weighted by molar-refractivity contribution is 0.0304. The van der Waals surface area contributed by atoms with Crippen LogP contribution >= 0.6 is 0 Å². The summed E-state index contributed by atoms with van der Waals surface area (Å²) < 4.78 is 5.57. The van der Waals surface area contributed by atoms with E-state index in [0.717, 1.165) is 76.5 Å². The van der Waals surface area contributed by atoms with E-state index < -0.39 is 0 Å². The highest BCUT2D eigenvalue weighted by Gasteiger charge is 2.40. The first-order valence-electron chi connectivity index (χ1n) is 11.3. The number of carbonyl (C=O) groups excluding carboxylic acids is 1. The van der Waals surface area contributed by atoms with Gasteiger partial charge in [0.05, 0.1) is 5.56 Å². The molecule has 0 N–H and O–H groups in total. The van der Waals surface area contributed by atoms with Crippen LogP contribution < -0.4 is 4.90 Å². The van der Waals surface area contributed by atoms with Gasteiger partial charge in [-0.2, -0.15) is 0 Å². The second kappa shape index (κ2) is 8.03. The standard InChI is InChI=1S/C23H33N3O2/c27-23(21-5-1-2-6-22(21)24-11-3-4-12-24)26-16-18-7-8-20(26)17-25(15-18)19-9-13-28-14-10-19/h1-2,5-6,18-20H,3-4,7-17H2/t18-,20+/m0/s1. The minimum atomic E-state index is 0.256. The van der Waals surface area contributed by atoms with Gasteiger partial charge in [0.25, 0.3) is 5.91 Å². The fraction of sp³-hybridized carbons (Fsp3) is 0.696. The molecule has 2 bridgehead atoms. The van der Waals surface area contributed by atoms with Crippen LogP contribution in [0.5, 0.6) is 0 Å². The van der Waals surface area contributed by atoms with Gasteiger partial charge in [0, 0.05) is 63.7 Å². The largest absolute Gasteiger partial charge is 0.381 e. The molecule has 1 amide bonds. The first kappa shape index (κ1) is 18.4. The molecule has 5 fully saturated rings. The summed E-state index contributed by atoms with van der Waals surface area (Å²) in [6.45, 7) is 7.06. The number of benzene rings is 1. The second-order valence-electron chi connectivity index (χ2n) is 9.06. The Morgan fingerprint density at radius 2 is 1.68 bits per heavy atom. The molecule has 0 unspecified atom stereocenters. The van der Waals surface area contributed by atoms with E-state index in [1.807, 2.05) is 12.1 Å². The van der Waals surface area contributed by atoms with Gasteiger partial charge in [-0.15, -0.1) is 0 Å². The predicted molar refractivity (Wildman–Crippen MR) is 111 cm³/mol. The average Bonchev–Trinajstić information content (AvgIpc) is 3.13. The molecule has 5 heterocycles. The van der Waals surface area contributed by atoms with E-state index in [-0.39, 0.29) is 5.91 Å². The van der Waals surface area contributed by atoms with E-state index in [9.17, 15) is 4.79 Å². The third kappa shape index (κ3) is 3.55. The zero-order valence-corrected chi connectivity index (χ0v) is 16.9. The number of fused-ring (bicyclic) bond motifs is 4. The van der Waals surface area contributed by atoms with Crippen molar-refractivity contribution in [1.82, 2.24) is 9.80 Å². The molecule has 5 aliphatic heterocycles. The minimum absolute atomic E-state index is 0.256. The number of nitrogens with zero attached hydrogens (tertiary/aromatic N) is 3. The maximum Gasteiger partial charge on any atom is 0.256 e. The molecule has 6 rings (SSSR count). The van der Waals surface area contributed by atoms with Gasteiger partial charge in [-0.1, -0.05) is 12.1 Å². The molecular weight excluding hydrogens is 350 g/mol. The molecule has 0 saturated carbocycles. The third-order valence-corrected chi connectivity index (χ3v) is 7.29. The summed E-state index contributed by atoms with van der Waals surface area (Å²) in [7, 11) is 0. The van der Waals surface area contributed by atoms with Crippen molar-refractivity contribution in [1.29, 1.82) is 0 Å². The van der Waals surface area contributed by atoms with Crippen molar-refractivity contribution in [3.05, 3.63) is 29.8 Å². The normalized spacial score (nSPS) is 29.3. The SMILES string of the molecule is O=C(c1ccccc1N1CCCC1)N1C[C@H]2CC[C@@H]1CN(C1CCOCC1)C2. The lowest BCUT2D eigenvalue weighted by Gasteiger charge is -2.37. The fourth-order valence-corrected chi connectivity index (χ4v) is 5.76. The Balaban J connectivity index is 1.36. The number of anilines is 1. The van der Waals surface area contributed by atoms with Crippen LogP contribution in [0.1, 0.15) is 48.9 Å². The van der Waals surface area contributed by atoms with Crippen LogP contribution in [0.15, 0.2) is 24.3 Å². The van der Waals surface area contributed by atoms with Crippen molar-refractivity contribution in [3.8, 4) is 0 Å². The summed E-state index contributed by atoms with van der Waals surface area (Å²) in [6, 6.07) is 9.29. The molecule has 28 heavy (non-hydrogen) atoms. The topological polar surface area (TPSA) is 36.0 Å². The molecule has 5 aliphatic rings. The maximum atomic E-state index is 13.7. The Labute approximate surface area is 168 Å². The molecule has 2 atom stereocenters. The minimum Gasteiger partial charge on any atom is -0.381 e. The van der Waals surface area contributed by atoms with Crippen LogP contribution in [0, 0.1) is 5.92 Å². The van der Waals surface area contributed by atoms with Crippen molar-refractivity contribution >= 4 is 11.6 Å². The van der Waals surface area contributed by atoms with Crippen LogP contribution in [0.25, 0.3) is 0 Å². The molecule has 5 nitrogen and oxygen atoms in total. The number of hydrogen-bond acceptors (Lipinski definition) is 4. The van der Waals surface area contributed by atoms with Crippen LogP contribution in [-0.2, 0) is 4.74 Å². The quantitative estimate of drug-likeness (QED) is 0.804. The molecule has 0 aromatic heterocycles. The van der Waals surface area contributed by atoms with E-state index in [1.54, 1.807) is 0 Å². The summed E-state index contributed by atoms with van der Waals surface area (Å²) in [6.07, 6.45) is 7.17. The monoisotopic (exact) mass is 383 g/mol. The Kier molecular flexibility index (Phi) is 5.29. The lowest BCUT2D eigenvalue weighted by Crippen LogP contribution is -2.48. The first-order valence-corrected chi connectivity index (χ1v) is 11.3. The molecule has 5 heteroatoms. The predicted octanol–water partition coefficient (Wildman–Crippen LogP) is 3.00. The Morgan fingerprint density at radius 1 is 0.893 bits per heavy atom. The number of piperidine rings is 1. The third-order valence-electron chi connectivity index (χ3n) is 7.29. The summed E-state index contributed by atoms with van der Waals surface area (Å²) in [4.78, 5) is 21.0. The van der Waals surface area contributed by atoms with Gasteiger partial charge < -0.3 is 14.5 Å². The van der Waals surface area contributed by atoms with Gasteiger partial charge in [-0.3, -0.25) is 9.69 Å². The van der Waals surface area contributed by atoms with E-state index in [4.69, 9.17) is 4.74 Å². The molecular formula is C23H33N3O2. The summed E-state index contributed by atoms with van der Waals surface area (Å²) >= 11 is 0. The molecule has 152 valence electrons. The Hall–Kier alpha value is -1.59. The Morgan fingerprint density at radius 3 is 2.50 bits per heavy atom. The van der Waals surface area contributed by atoms with Crippen molar-refractivity contribution in [2.24, 2.45) is 5.92 Å². The Bertz CT molecular complexity index is 697. The van der Waals surface area contributed by atoms with E-state index in [1.165, 1.54) is 19.3 Å². The first-order chi connectivity index (χ1) is 13.8. The molecule has 5 saturated heterocycles. The van der Waals surface area contributed by atoms with Gasteiger partial charge in [0.1, 0.15) is 0 Å². The van der Waals surface area contributed by atoms with Gasteiger partial charge in [0.2, 0.25) is 0 Å². The fourth-order valence-electron chi connectivity index (χ4n) is 5.76. The van der Waals surface area contributed by atoms with Crippen LogP contribution in [-0.4, -0.2) is 73.7 Å². The zero-order chi connectivity index (χ0) is 18.9. The van der Waals surface area contributed by atoms with Crippen molar-refractivity contribution in [3.63, 3.8) is 0 Å². The lowest BCUT2D eigenvalue weighted by atomic mass is 9.94. The highest BCUT2D eigenvalue weighted by molar-refractivity contribution is 6.00. The van der Waals surface area contributed by atoms with Gasteiger partial charge >= 0.3 is 0 Å². The van der Waals surface area contributed by atoms with Crippen LogP contribution in [0.4, 0.5) is 5.69 Å². The summed E-state index contributed by atoms with van der Waals surface area (Å²) in [5.74, 6) is 0.871. The number of hydrogen-bond donors (Lipinski definition) is 0. The number of amides is 1. The van der Waals surface area contributed by atoms with Gasteiger partial charge in [-0.25, -0.2) is 0 Å². The smallest absolute Gasteiger partial charge is 0.256 e. The van der Waals surface area contributed by atoms with Gasteiger partial charge in [-0.05, 0) is 56.6 Å². The van der Waals surface area contributed by atoms with Crippen LogP contribution in [0.2, 0.25) is 0 Å². The number of rotatable bonds is 3. The van der Waals surface area contributed by atoms with Crippen molar-refractivity contribution in [2.45, 2.75) is 50.6 Å². The van der Waals surface area contributed by atoms with Crippen molar-refractivity contribution < 1.29 is 9.53 Å². The highest BCUT2D eigenvalue weighted by atomic mass is 16.5. The maximum absolute atomic E-state index is 13.7. The average molecular weight is 384 g/mol. The number of para-hydroxylation sites is 1. The van der Waals surface area contributed by atoms with Crippen LogP contribution in [0.3, 0.4) is 0 Å². The molecule has 1 aromatic rings. The number of carbonyl (C=O) groups is 1. The molecule has 1 aromatic carbocycles. The molecule has 0 radical (unpaired) electrons.